The molecule has 0 spiro atoms. The average molecular weight is 239 g/mol. The third kappa shape index (κ3) is 2.02. The molecule has 0 radical (unpaired) electrons. The van der Waals surface area contributed by atoms with Gasteiger partial charge in [0.1, 0.15) is 5.82 Å². The van der Waals surface area contributed by atoms with E-state index in [0.29, 0.717) is 0 Å². The van der Waals surface area contributed by atoms with Gasteiger partial charge in [-0.3, -0.25) is 0 Å². The Bertz CT molecular complexity index is 659. The van der Waals surface area contributed by atoms with Crippen molar-refractivity contribution in [1.82, 2.24) is 19.8 Å². The molecule has 0 saturated heterocycles. The molecule has 0 aliphatic rings. The van der Waals surface area contributed by atoms with Crippen molar-refractivity contribution in [3.05, 3.63) is 53.9 Å². The minimum atomic E-state index is 0.749. The Morgan fingerprint density at radius 2 is 2.06 bits per heavy atom. The van der Waals surface area contributed by atoms with Crippen LogP contribution in [0, 0.1) is 6.92 Å². The Balaban J connectivity index is 1.88. The third-order valence-electron chi connectivity index (χ3n) is 2.71. The Kier molecular flexibility index (Phi) is 2.64. The van der Waals surface area contributed by atoms with Crippen molar-refractivity contribution in [1.29, 1.82) is 0 Å². The van der Waals surface area contributed by atoms with Gasteiger partial charge in [-0.2, -0.15) is 4.52 Å². The van der Waals surface area contributed by atoms with E-state index in [1.54, 1.807) is 10.7 Å². The summed E-state index contributed by atoms with van der Waals surface area (Å²) in [5.41, 5.74) is 2.92. The summed E-state index contributed by atoms with van der Waals surface area (Å²) < 4.78 is 1.70. The van der Waals surface area contributed by atoms with Crippen LogP contribution in [0.3, 0.4) is 0 Å². The van der Waals surface area contributed by atoms with Crippen molar-refractivity contribution in [3.8, 4) is 0 Å². The van der Waals surface area contributed by atoms with Crippen LogP contribution in [-0.4, -0.2) is 19.8 Å². The molecule has 0 aliphatic carbocycles. The van der Waals surface area contributed by atoms with Crippen molar-refractivity contribution in [2.75, 3.05) is 5.32 Å². The first-order valence-electron chi connectivity index (χ1n) is 5.79. The molecule has 18 heavy (non-hydrogen) atoms. The fraction of sp³-hybridized carbons (Fsp3) is 0.154. The normalized spacial score (nSPS) is 10.7. The van der Waals surface area contributed by atoms with Crippen molar-refractivity contribution in [2.24, 2.45) is 0 Å². The minimum Gasteiger partial charge on any atom is -0.366 e. The van der Waals surface area contributed by atoms with Crippen molar-refractivity contribution in [2.45, 2.75) is 13.5 Å². The van der Waals surface area contributed by atoms with Gasteiger partial charge in [0, 0.05) is 18.3 Å². The molecular formula is C13H13N5. The fourth-order valence-corrected chi connectivity index (χ4v) is 1.86. The maximum atomic E-state index is 4.35. The second-order valence-electron chi connectivity index (χ2n) is 4.13. The number of nitrogens with one attached hydrogen (secondary N) is 1. The number of nitrogens with zero attached hydrogens (tertiary/aromatic N) is 4. The molecule has 90 valence electrons. The highest BCUT2D eigenvalue weighted by molar-refractivity contribution is 5.47. The standard InChI is InChI=1S/C13H13N5/c1-10-7-12(18-13(16-10)9-15-17-18)14-8-11-5-3-2-4-6-11/h2-7,9,14H,8H2,1H3. The third-order valence-corrected chi connectivity index (χ3v) is 2.71. The highest BCUT2D eigenvalue weighted by Gasteiger charge is 2.04. The first kappa shape index (κ1) is 10.7. The Morgan fingerprint density at radius 3 is 2.89 bits per heavy atom. The van der Waals surface area contributed by atoms with Crippen molar-refractivity contribution in [3.63, 3.8) is 0 Å². The van der Waals surface area contributed by atoms with Crippen molar-refractivity contribution < 1.29 is 0 Å². The Morgan fingerprint density at radius 1 is 1.22 bits per heavy atom. The summed E-state index contributed by atoms with van der Waals surface area (Å²) in [6, 6.07) is 12.2. The summed E-state index contributed by atoms with van der Waals surface area (Å²) in [4.78, 5) is 4.35. The SMILES string of the molecule is Cc1cc(NCc2ccccc2)n2nncc2n1. The number of anilines is 1. The van der Waals surface area contributed by atoms with Gasteiger partial charge < -0.3 is 5.32 Å². The van der Waals surface area contributed by atoms with Gasteiger partial charge >= 0.3 is 0 Å². The molecule has 0 fully saturated rings. The first-order valence-corrected chi connectivity index (χ1v) is 5.79. The zero-order valence-corrected chi connectivity index (χ0v) is 10.0. The average Bonchev–Trinajstić information content (AvgIpc) is 2.85. The van der Waals surface area contributed by atoms with Crippen LogP contribution in [0.4, 0.5) is 5.82 Å². The molecule has 0 bridgehead atoms. The molecule has 0 amide bonds. The predicted molar refractivity (Wildman–Crippen MR) is 69.3 cm³/mol. The fourth-order valence-electron chi connectivity index (χ4n) is 1.86. The summed E-state index contributed by atoms with van der Waals surface area (Å²) in [6.45, 7) is 2.71. The highest BCUT2D eigenvalue weighted by Crippen LogP contribution is 2.12. The summed E-state index contributed by atoms with van der Waals surface area (Å²) in [7, 11) is 0. The van der Waals surface area contributed by atoms with E-state index in [0.717, 1.165) is 23.7 Å². The lowest BCUT2D eigenvalue weighted by atomic mass is 10.2. The first-order chi connectivity index (χ1) is 8.83. The van der Waals surface area contributed by atoms with Crippen LogP contribution in [0.25, 0.3) is 5.65 Å². The molecule has 0 saturated carbocycles. The van der Waals surface area contributed by atoms with E-state index in [2.05, 4.69) is 32.7 Å². The van der Waals surface area contributed by atoms with E-state index in [1.165, 1.54) is 5.56 Å². The zero-order valence-electron chi connectivity index (χ0n) is 10.0. The Labute approximate surface area is 104 Å². The molecular weight excluding hydrogens is 226 g/mol. The summed E-state index contributed by atoms with van der Waals surface area (Å²) in [6.07, 6.45) is 1.65. The second kappa shape index (κ2) is 4.44. The van der Waals surface area contributed by atoms with Gasteiger partial charge in [-0.1, -0.05) is 35.5 Å². The number of fused-ring (bicyclic) bond motifs is 1. The van der Waals surface area contributed by atoms with Gasteiger partial charge in [-0.15, -0.1) is 5.10 Å². The molecule has 0 atom stereocenters. The van der Waals surface area contributed by atoms with Gasteiger partial charge in [-0.05, 0) is 12.5 Å². The lowest BCUT2D eigenvalue weighted by molar-refractivity contribution is 0.840. The van der Waals surface area contributed by atoms with Crippen LogP contribution < -0.4 is 5.32 Å². The van der Waals surface area contributed by atoms with Crippen LogP contribution in [-0.2, 0) is 6.54 Å². The number of aromatic nitrogens is 4. The molecule has 5 nitrogen and oxygen atoms in total. The van der Waals surface area contributed by atoms with Crippen LogP contribution >= 0.6 is 0 Å². The lowest BCUT2D eigenvalue weighted by Gasteiger charge is -2.08. The van der Waals surface area contributed by atoms with Gasteiger partial charge in [0.25, 0.3) is 0 Å². The number of hydrogen-bond donors (Lipinski definition) is 1. The smallest absolute Gasteiger partial charge is 0.178 e. The van der Waals surface area contributed by atoms with E-state index in [1.807, 2.05) is 31.2 Å². The molecule has 3 rings (SSSR count). The number of aryl methyl sites for hydroxylation is 1. The molecule has 2 aromatic heterocycles. The Hall–Kier alpha value is -2.43. The van der Waals surface area contributed by atoms with E-state index in [4.69, 9.17) is 0 Å². The molecule has 5 heteroatoms. The van der Waals surface area contributed by atoms with E-state index in [-0.39, 0.29) is 0 Å². The maximum absolute atomic E-state index is 4.35. The molecule has 2 heterocycles. The molecule has 0 aliphatic heterocycles. The highest BCUT2D eigenvalue weighted by atomic mass is 15.4. The van der Waals surface area contributed by atoms with Crippen LogP contribution in [0.2, 0.25) is 0 Å². The van der Waals surface area contributed by atoms with Gasteiger partial charge in [0.05, 0.1) is 6.20 Å². The number of rotatable bonds is 3. The number of benzene rings is 1. The van der Waals surface area contributed by atoms with Crippen molar-refractivity contribution >= 4 is 11.5 Å². The number of hydrogen-bond acceptors (Lipinski definition) is 4. The van der Waals surface area contributed by atoms with Crippen LogP contribution in [0.1, 0.15) is 11.3 Å². The van der Waals surface area contributed by atoms with Crippen LogP contribution in [0.15, 0.2) is 42.6 Å². The monoisotopic (exact) mass is 239 g/mol. The molecule has 1 aromatic carbocycles. The van der Waals surface area contributed by atoms with Gasteiger partial charge in [0.15, 0.2) is 5.65 Å². The molecule has 3 aromatic rings. The quantitative estimate of drug-likeness (QED) is 0.760. The molecule has 1 N–H and O–H groups in total. The minimum absolute atomic E-state index is 0.749. The predicted octanol–water partition coefficient (Wildman–Crippen LogP) is 2.04. The van der Waals surface area contributed by atoms with Crippen LogP contribution in [0.5, 0.6) is 0 Å². The summed E-state index contributed by atoms with van der Waals surface area (Å²) in [5.74, 6) is 0.902. The lowest BCUT2D eigenvalue weighted by Crippen LogP contribution is -2.06. The van der Waals surface area contributed by atoms with Gasteiger partial charge in [0.2, 0.25) is 0 Å². The van der Waals surface area contributed by atoms with E-state index in [9.17, 15) is 0 Å². The van der Waals surface area contributed by atoms with E-state index >= 15 is 0 Å². The van der Waals surface area contributed by atoms with E-state index < -0.39 is 0 Å². The van der Waals surface area contributed by atoms with Gasteiger partial charge in [-0.25, -0.2) is 4.98 Å². The topological polar surface area (TPSA) is 55.1 Å². The summed E-state index contributed by atoms with van der Waals surface area (Å²) in [5, 5.41) is 11.2. The maximum Gasteiger partial charge on any atom is 0.178 e. The summed E-state index contributed by atoms with van der Waals surface area (Å²) >= 11 is 0. The molecule has 0 unspecified atom stereocenters. The second-order valence-corrected chi connectivity index (χ2v) is 4.13. The zero-order chi connectivity index (χ0) is 12.4. The largest absolute Gasteiger partial charge is 0.366 e.